The fourth-order valence-corrected chi connectivity index (χ4v) is 1.95. The fourth-order valence-electron chi connectivity index (χ4n) is 1.95. The Morgan fingerprint density at radius 1 is 1.33 bits per heavy atom. The molecule has 0 amide bonds. The van der Waals surface area contributed by atoms with Crippen molar-refractivity contribution < 1.29 is 4.74 Å². The van der Waals surface area contributed by atoms with Gasteiger partial charge in [-0.3, -0.25) is 4.68 Å². The number of nitrogens with one attached hydrogen (secondary N) is 1. The molecule has 1 heterocycles. The van der Waals surface area contributed by atoms with Crippen LogP contribution in [-0.2, 0) is 20.1 Å². The summed E-state index contributed by atoms with van der Waals surface area (Å²) in [4.78, 5) is 0. The average Bonchev–Trinajstić information content (AvgIpc) is 2.75. The highest BCUT2D eigenvalue weighted by molar-refractivity contribution is 5.36. The monoisotopic (exact) mass is 245 g/mol. The standard InChI is InChI=1S/C14H19N3O/c1-11-4-5-14(18-3)13(6-11)9-15-7-12-8-16-17(2)10-12/h4-6,8,10,15H,7,9H2,1-3H3. The molecular formula is C14H19N3O. The summed E-state index contributed by atoms with van der Waals surface area (Å²) in [6.07, 6.45) is 3.89. The van der Waals surface area contributed by atoms with Gasteiger partial charge in [0.2, 0.25) is 0 Å². The van der Waals surface area contributed by atoms with Crippen molar-refractivity contribution in [2.24, 2.45) is 7.05 Å². The van der Waals surface area contributed by atoms with Gasteiger partial charge in [-0.05, 0) is 13.0 Å². The molecule has 96 valence electrons. The molecule has 0 aliphatic heterocycles. The van der Waals surface area contributed by atoms with Gasteiger partial charge in [-0.25, -0.2) is 0 Å². The van der Waals surface area contributed by atoms with Crippen LogP contribution in [0.2, 0.25) is 0 Å². The third kappa shape index (κ3) is 3.11. The van der Waals surface area contributed by atoms with Crippen LogP contribution < -0.4 is 10.1 Å². The van der Waals surface area contributed by atoms with Gasteiger partial charge >= 0.3 is 0 Å². The quantitative estimate of drug-likeness (QED) is 0.876. The lowest BCUT2D eigenvalue weighted by molar-refractivity contribution is 0.407. The first kappa shape index (κ1) is 12.6. The number of hydrogen-bond acceptors (Lipinski definition) is 3. The van der Waals surface area contributed by atoms with E-state index in [1.165, 1.54) is 16.7 Å². The number of aromatic nitrogens is 2. The molecule has 1 aromatic carbocycles. The van der Waals surface area contributed by atoms with Gasteiger partial charge in [-0.1, -0.05) is 17.7 Å². The van der Waals surface area contributed by atoms with Crippen LogP contribution in [0.1, 0.15) is 16.7 Å². The molecule has 1 aromatic heterocycles. The lowest BCUT2D eigenvalue weighted by atomic mass is 10.1. The molecule has 4 nitrogen and oxygen atoms in total. The Labute approximate surface area is 108 Å². The molecule has 0 bridgehead atoms. The Hall–Kier alpha value is -1.81. The summed E-state index contributed by atoms with van der Waals surface area (Å²) in [6, 6.07) is 6.22. The largest absolute Gasteiger partial charge is 0.496 e. The van der Waals surface area contributed by atoms with E-state index in [9.17, 15) is 0 Å². The molecule has 0 unspecified atom stereocenters. The SMILES string of the molecule is COc1ccc(C)cc1CNCc1cnn(C)c1. The molecule has 0 spiro atoms. The lowest BCUT2D eigenvalue weighted by Gasteiger charge is -2.10. The van der Waals surface area contributed by atoms with Crippen LogP contribution in [0.25, 0.3) is 0 Å². The van der Waals surface area contributed by atoms with Gasteiger partial charge in [0.15, 0.2) is 0 Å². The zero-order valence-electron chi connectivity index (χ0n) is 11.1. The van der Waals surface area contributed by atoms with Crippen LogP contribution in [-0.4, -0.2) is 16.9 Å². The van der Waals surface area contributed by atoms with E-state index in [2.05, 4.69) is 29.5 Å². The highest BCUT2D eigenvalue weighted by atomic mass is 16.5. The Bertz CT molecular complexity index is 520. The molecule has 18 heavy (non-hydrogen) atoms. The van der Waals surface area contributed by atoms with Gasteiger partial charge in [0, 0.05) is 37.5 Å². The number of hydrogen-bond donors (Lipinski definition) is 1. The van der Waals surface area contributed by atoms with Gasteiger partial charge in [0.05, 0.1) is 13.3 Å². The predicted octanol–water partition coefficient (Wildman–Crippen LogP) is 2.03. The molecule has 0 fully saturated rings. The minimum atomic E-state index is 0.791. The number of ether oxygens (including phenoxy) is 1. The first-order valence-corrected chi connectivity index (χ1v) is 6.01. The number of aryl methyl sites for hydroxylation is 2. The van der Waals surface area contributed by atoms with Crippen LogP contribution in [0, 0.1) is 6.92 Å². The van der Waals surface area contributed by atoms with Crippen molar-refractivity contribution in [2.45, 2.75) is 20.0 Å². The predicted molar refractivity (Wildman–Crippen MR) is 71.5 cm³/mol. The second-order valence-corrected chi connectivity index (χ2v) is 4.44. The molecule has 0 saturated heterocycles. The van der Waals surface area contributed by atoms with Gasteiger partial charge in [0.1, 0.15) is 5.75 Å². The first-order chi connectivity index (χ1) is 8.69. The highest BCUT2D eigenvalue weighted by Crippen LogP contribution is 2.19. The average molecular weight is 245 g/mol. The first-order valence-electron chi connectivity index (χ1n) is 6.01. The Morgan fingerprint density at radius 2 is 2.17 bits per heavy atom. The molecule has 2 rings (SSSR count). The van der Waals surface area contributed by atoms with Crippen molar-refractivity contribution in [1.29, 1.82) is 0 Å². The molecule has 0 saturated carbocycles. The van der Waals surface area contributed by atoms with Gasteiger partial charge in [-0.2, -0.15) is 5.10 Å². The summed E-state index contributed by atoms with van der Waals surface area (Å²) in [5, 5.41) is 7.54. The molecular weight excluding hydrogens is 226 g/mol. The van der Waals surface area contributed by atoms with Gasteiger partial charge < -0.3 is 10.1 Å². The van der Waals surface area contributed by atoms with E-state index < -0.39 is 0 Å². The van der Waals surface area contributed by atoms with E-state index >= 15 is 0 Å². The summed E-state index contributed by atoms with van der Waals surface area (Å²) in [7, 11) is 3.63. The van der Waals surface area contributed by atoms with Crippen molar-refractivity contribution in [3.8, 4) is 5.75 Å². The summed E-state index contributed by atoms with van der Waals surface area (Å²) >= 11 is 0. The van der Waals surface area contributed by atoms with Crippen molar-refractivity contribution in [2.75, 3.05) is 7.11 Å². The molecule has 0 atom stereocenters. The maximum absolute atomic E-state index is 5.35. The third-order valence-electron chi connectivity index (χ3n) is 2.84. The topological polar surface area (TPSA) is 39.1 Å². The van der Waals surface area contributed by atoms with E-state index in [0.29, 0.717) is 0 Å². The van der Waals surface area contributed by atoms with Crippen LogP contribution in [0.5, 0.6) is 5.75 Å². The van der Waals surface area contributed by atoms with E-state index in [4.69, 9.17) is 4.74 Å². The zero-order chi connectivity index (χ0) is 13.0. The fraction of sp³-hybridized carbons (Fsp3) is 0.357. The third-order valence-corrected chi connectivity index (χ3v) is 2.84. The molecule has 0 radical (unpaired) electrons. The van der Waals surface area contributed by atoms with Crippen LogP contribution in [0.3, 0.4) is 0 Å². The Balaban J connectivity index is 1.95. The van der Waals surface area contributed by atoms with E-state index in [1.54, 1.807) is 7.11 Å². The van der Waals surface area contributed by atoms with Crippen molar-refractivity contribution in [3.05, 3.63) is 47.3 Å². The minimum absolute atomic E-state index is 0.791. The zero-order valence-corrected chi connectivity index (χ0v) is 11.1. The van der Waals surface area contributed by atoms with Gasteiger partial charge in [0.25, 0.3) is 0 Å². The summed E-state index contributed by atoms with van der Waals surface area (Å²) in [5.41, 5.74) is 3.61. The number of rotatable bonds is 5. The normalized spacial score (nSPS) is 10.6. The second kappa shape index (κ2) is 5.69. The van der Waals surface area contributed by atoms with Crippen molar-refractivity contribution in [1.82, 2.24) is 15.1 Å². The molecule has 4 heteroatoms. The maximum atomic E-state index is 5.35. The number of methoxy groups -OCH3 is 1. The second-order valence-electron chi connectivity index (χ2n) is 4.44. The molecule has 0 aliphatic carbocycles. The molecule has 2 aromatic rings. The van der Waals surface area contributed by atoms with Crippen LogP contribution in [0.4, 0.5) is 0 Å². The Morgan fingerprint density at radius 3 is 2.83 bits per heavy atom. The molecule has 1 N–H and O–H groups in total. The minimum Gasteiger partial charge on any atom is -0.496 e. The summed E-state index contributed by atoms with van der Waals surface area (Å²) < 4.78 is 7.16. The van der Waals surface area contributed by atoms with E-state index in [-0.39, 0.29) is 0 Å². The van der Waals surface area contributed by atoms with E-state index in [1.807, 2.05) is 30.2 Å². The number of nitrogens with zero attached hydrogens (tertiary/aromatic N) is 2. The molecule has 0 aliphatic rings. The van der Waals surface area contributed by atoms with Crippen molar-refractivity contribution in [3.63, 3.8) is 0 Å². The van der Waals surface area contributed by atoms with Crippen molar-refractivity contribution >= 4 is 0 Å². The summed E-state index contributed by atoms with van der Waals surface area (Å²) in [6.45, 7) is 3.69. The summed E-state index contributed by atoms with van der Waals surface area (Å²) in [5.74, 6) is 0.930. The smallest absolute Gasteiger partial charge is 0.123 e. The Kier molecular flexibility index (Phi) is 3.99. The van der Waals surface area contributed by atoms with Crippen LogP contribution >= 0.6 is 0 Å². The van der Waals surface area contributed by atoms with E-state index in [0.717, 1.165) is 18.8 Å². The maximum Gasteiger partial charge on any atom is 0.123 e. The van der Waals surface area contributed by atoms with Gasteiger partial charge in [-0.15, -0.1) is 0 Å². The van der Waals surface area contributed by atoms with Crippen LogP contribution in [0.15, 0.2) is 30.6 Å². The number of benzene rings is 1. The highest BCUT2D eigenvalue weighted by Gasteiger charge is 2.03. The lowest BCUT2D eigenvalue weighted by Crippen LogP contribution is -2.13.